The third-order valence-corrected chi connectivity index (χ3v) is 7.93. The van der Waals surface area contributed by atoms with Crippen LogP contribution in [-0.4, -0.2) is 60.8 Å². The number of amides is 1. The molecule has 0 bridgehead atoms. The van der Waals surface area contributed by atoms with Gasteiger partial charge in [0.2, 0.25) is 5.69 Å². The summed E-state index contributed by atoms with van der Waals surface area (Å²) in [5.41, 5.74) is 6.06. The number of nitrogens with one attached hydrogen (secondary N) is 1. The molecule has 0 spiro atoms. The predicted molar refractivity (Wildman–Crippen MR) is 163 cm³/mol. The molecule has 0 saturated carbocycles. The van der Waals surface area contributed by atoms with E-state index in [4.69, 9.17) is 20.5 Å². The molecule has 42 heavy (non-hydrogen) atoms. The Morgan fingerprint density at radius 1 is 1.12 bits per heavy atom. The van der Waals surface area contributed by atoms with E-state index in [1.165, 1.54) is 0 Å². The Balaban J connectivity index is 1.21. The van der Waals surface area contributed by atoms with Crippen molar-refractivity contribution in [1.82, 2.24) is 15.2 Å². The Labute approximate surface area is 246 Å². The fourth-order valence-corrected chi connectivity index (χ4v) is 5.82. The summed E-state index contributed by atoms with van der Waals surface area (Å²) in [6.45, 7) is 18.4. The largest absolute Gasteiger partial charge is 0.501 e. The van der Waals surface area contributed by atoms with E-state index in [1.54, 1.807) is 6.20 Å². The summed E-state index contributed by atoms with van der Waals surface area (Å²) in [5.74, 6) is 1.85. The second kappa shape index (κ2) is 12.0. The van der Waals surface area contributed by atoms with E-state index in [-0.39, 0.29) is 18.1 Å². The van der Waals surface area contributed by atoms with Crippen molar-refractivity contribution < 1.29 is 18.7 Å². The van der Waals surface area contributed by atoms with Crippen LogP contribution in [0.25, 0.3) is 38.4 Å². The van der Waals surface area contributed by atoms with E-state index >= 15 is 0 Å². The number of aromatic nitrogens is 1. The Morgan fingerprint density at radius 3 is 2.67 bits per heavy atom. The van der Waals surface area contributed by atoms with Gasteiger partial charge in [-0.25, -0.2) is 4.85 Å². The number of likely N-dealkylation sites (tertiary alicyclic amines) is 1. The zero-order chi connectivity index (χ0) is 29.2. The van der Waals surface area contributed by atoms with Crippen LogP contribution in [0.4, 0.5) is 5.69 Å². The van der Waals surface area contributed by atoms with Gasteiger partial charge in [0.1, 0.15) is 23.1 Å². The summed E-state index contributed by atoms with van der Waals surface area (Å²) in [6, 6.07) is 15.4. The number of hydrogen-bond donors (Lipinski definition) is 1. The highest BCUT2D eigenvalue weighted by molar-refractivity contribution is 5.96. The zero-order valence-corrected chi connectivity index (χ0v) is 24.4. The smallest absolute Gasteiger partial charge is 0.251 e. The number of benzene rings is 2. The summed E-state index contributed by atoms with van der Waals surface area (Å²) in [7, 11) is 0. The van der Waals surface area contributed by atoms with E-state index in [9.17, 15) is 4.79 Å². The molecule has 4 aromatic rings. The van der Waals surface area contributed by atoms with Crippen molar-refractivity contribution in [1.29, 1.82) is 0 Å². The van der Waals surface area contributed by atoms with Crippen LogP contribution < -0.4 is 10.1 Å². The van der Waals surface area contributed by atoms with Crippen LogP contribution in [0, 0.1) is 19.4 Å². The first-order chi connectivity index (χ1) is 20.4. The molecular weight excluding hydrogens is 528 g/mol. The molecule has 2 fully saturated rings. The lowest BCUT2D eigenvalue weighted by Gasteiger charge is -2.40. The molecular formula is C34H36N4O4. The normalized spacial score (nSPS) is 16.4. The van der Waals surface area contributed by atoms with Crippen LogP contribution in [0.15, 0.2) is 59.1 Å². The molecule has 2 saturated heterocycles. The molecule has 8 nitrogen and oxygen atoms in total. The van der Waals surface area contributed by atoms with Crippen molar-refractivity contribution in [2.24, 2.45) is 5.92 Å². The molecule has 0 aliphatic carbocycles. The second-order valence-electron chi connectivity index (χ2n) is 11.7. The number of aryl methyl sites for hydroxylation is 1. The molecule has 4 heterocycles. The van der Waals surface area contributed by atoms with Gasteiger partial charge in [-0.1, -0.05) is 26.0 Å². The third-order valence-electron chi connectivity index (χ3n) is 7.93. The molecule has 216 valence electrons. The lowest BCUT2D eigenvalue weighted by atomic mass is 10.0. The number of ether oxygens (including phenoxy) is 2. The average Bonchev–Trinajstić information content (AvgIpc) is 3.41. The average molecular weight is 565 g/mol. The van der Waals surface area contributed by atoms with Crippen molar-refractivity contribution in [2.75, 3.05) is 32.8 Å². The van der Waals surface area contributed by atoms with Gasteiger partial charge in [0.25, 0.3) is 5.91 Å². The van der Waals surface area contributed by atoms with Gasteiger partial charge in [-0.2, -0.15) is 0 Å². The maximum Gasteiger partial charge on any atom is 0.251 e. The SMILES string of the molecule is [C-]#[N+]c1cc(-c2ccnc3cc(-c4ccc(C(=O)NC5CN(CC(C)C)C5)cc4C)oc23)ccc1OC1CCOCC1. The fourth-order valence-electron chi connectivity index (χ4n) is 5.82. The molecule has 0 atom stereocenters. The van der Waals surface area contributed by atoms with Gasteiger partial charge in [-0.05, 0) is 54.3 Å². The Morgan fingerprint density at radius 2 is 1.93 bits per heavy atom. The van der Waals surface area contributed by atoms with Crippen LogP contribution in [-0.2, 0) is 4.74 Å². The molecule has 2 aromatic heterocycles. The molecule has 2 aliphatic heterocycles. The van der Waals surface area contributed by atoms with Gasteiger partial charge in [-0.15, -0.1) is 0 Å². The molecule has 2 aromatic carbocycles. The number of hydrogen-bond acceptors (Lipinski definition) is 6. The minimum absolute atomic E-state index is 0.0488. The Hall–Kier alpha value is -4.19. The highest BCUT2D eigenvalue weighted by atomic mass is 16.5. The number of furan rings is 1. The zero-order valence-electron chi connectivity index (χ0n) is 24.4. The number of nitrogens with zero attached hydrogens (tertiary/aromatic N) is 3. The highest BCUT2D eigenvalue weighted by Gasteiger charge is 2.28. The van der Waals surface area contributed by atoms with Crippen LogP contribution in [0.2, 0.25) is 0 Å². The Kier molecular flexibility index (Phi) is 7.96. The van der Waals surface area contributed by atoms with E-state index in [0.717, 1.165) is 60.2 Å². The second-order valence-corrected chi connectivity index (χ2v) is 11.7. The summed E-state index contributed by atoms with van der Waals surface area (Å²) in [5, 5.41) is 3.16. The highest BCUT2D eigenvalue weighted by Crippen LogP contribution is 2.39. The van der Waals surface area contributed by atoms with E-state index in [2.05, 4.69) is 33.9 Å². The first kappa shape index (κ1) is 28.0. The van der Waals surface area contributed by atoms with E-state index in [1.807, 2.05) is 55.5 Å². The van der Waals surface area contributed by atoms with Gasteiger partial charge in [0.15, 0.2) is 5.58 Å². The van der Waals surface area contributed by atoms with Crippen molar-refractivity contribution >= 4 is 22.7 Å². The number of carbonyl (C=O) groups is 1. The minimum atomic E-state index is -0.0488. The fraction of sp³-hybridized carbons (Fsp3) is 0.382. The first-order valence-corrected chi connectivity index (χ1v) is 14.7. The maximum atomic E-state index is 12.9. The number of carbonyl (C=O) groups excluding carboxylic acids is 1. The number of pyridine rings is 1. The molecule has 1 amide bonds. The van der Waals surface area contributed by atoms with Crippen molar-refractivity contribution in [3.8, 4) is 28.2 Å². The standard InChI is InChI=1S/C34H36N4O4/c1-21(2)18-38-19-25(20-38)37-34(39)24-5-7-27(22(3)15-24)32-17-30-33(42-32)28(9-12-36-30)23-6-8-31(29(16-23)35-4)41-26-10-13-40-14-11-26/h5-9,12,15-17,21,25-26H,10-11,13-14,18-20H2,1-3H3,(H,37,39). The minimum Gasteiger partial charge on any atom is -0.501 e. The predicted octanol–water partition coefficient (Wildman–Crippen LogP) is 6.65. The van der Waals surface area contributed by atoms with E-state index in [0.29, 0.717) is 47.5 Å². The maximum absolute atomic E-state index is 12.9. The quantitative estimate of drug-likeness (QED) is 0.242. The molecule has 8 heteroatoms. The number of fused-ring (bicyclic) bond motifs is 1. The van der Waals surface area contributed by atoms with Crippen molar-refractivity contribution in [3.63, 3.8) is 0 Å². The van der Waals surface area contributed by atoms with Crippen LogP contribution in [0.3, 0.4) is 0 Å². The summed E-state index contributed by atoms with van der Waals surface area (Å²) < 4.78 is 18.0. The molecule has 1 N–H and O–H groups in total. The van der Waals surface area contributed by atoms with Gasteiger partial charge in [-0.3, -0.25) is 14.7 Å². The van der Waals surface area contributed by atoms with Gasteiger partial charge in [0.05, 0.1) is 25.8 Å². The van der Waals surface area contributed by atoms with Crippen molar-refractivity contribution in [2.45, 2.75) is 45.8 Å². The van der Waals surface area contributed by atoms with Crippen LogP contribution in [0.1, 0.15) is 42.6 Å². The van der Waals surface area contributed by atoms with Gasteiger partial charge in [0, 0.05) is 61.4 Å². The molecule has 2 aliphatic rings. The number of rotatable bonds is 8. The third kappa shape index (κ3) is 5.89. The summed E-state index contributed by atoms with van der Waals surface area (Å²) in [4.78, 5) is 23.6. The van der Waals surface area contributed by atoms with Gasteiger partial charge >= 0.3 is 0 Å². The van der Waals surface area contributed by atoms with E-state index < -0.39 is 0 Å². The first-order valence-electron chi connectivity index (χ1n) is 14.7. The monoisotopic (exact) mass is 564 g/mol. The topological polar surface area (TPSA) is 81.2 Å². The molecule has 0 radical (unpaired) electrons. The van der Waals surface area contributed by atoms with Crippen LogP contribution in [0.5, 0.6) is 5.75 Å². The lowest BCUT2D eigenvalue weighted by molar-refractivity contribution is 0.0259. The molecule has 6 rings (SSSR count). The Bertz CT molecular complexity index is 1640. The van der Waals surface area contributed by atoms with Gasteiger partial charge < -0.3 is 19.2 Å². The summed E-state index contributed by atoms with van der Waals surface area (Å²) in [6.07, 6.45) is 3.46. The van der Waals surface area contributed by atoms with Crippen molar-refractivity contribution in [3.05, 3.63) is 77.3 Å². The lowest BCUT2D eigenvalue weighted by Crippen LogP contribution is -2.59. The molecule has 0 unspecified atom stereocenters. The van der Waals surface area contributed by atoms with Crippen LogP contribution >= 0.6 is 0 Å². The summed E-state index contributed by atoms with van der Waals surface area (Å²) >= 11 is 0.